The summed E-state index contributed by atoms with van der Waals surface area (Å²) in [5.41, 5.74) is 1.24. The van der Waals surface area contributed by atoms with Gasteiger partial charge in [-0.25, -0.2) is 8.78 Å². The lowest BCUT2D eigenvalue weighted by Crippen LogP contribution is -2.01. The standard InChI is InChI=1S/C21H30F2/c1-9-15(4)10-11-16(5)17(6)12-13-18(7)19(8)21(23)20(22)14(2)3/h12-13,15-16H,2,6-11H2,1,3-5H3/b13-12-,21-20-. The summed E-state index contributed by atoms with van der Waals surface area (Å²) in [5.74, 6) is -0.949. The van der Waals surface area contributed by atoms with Gasteiger partial charge in [0, 0.05) is 5.57 Å². The molecule has 0 radical (unpaired) electrons. The molecule has 2 atom stereocenters. The third-order valence-corrected chi connectivity index (χ3v) is 4.14. The van der Waals surface area contributed by atoms with Gasteiger partial charge in [0.25, 0.3) is 0 Å². The molecule has 0 rings (SSSR count). The Hall–Kier alpha value is -1.70. The van der Waals surface area contributed by atoms with Crippen molar-refractivity contribution in [3.63, 3.8) is 0 Å². The van der Waals surface area contributed by atoms with Gasteiger partial charge >= 0.3 is 0 Å². The first-order valence-corrected chi connectivity index (χ1v) is 8.08. The van der Waals surface area contributed by atoms with Crippen molar-refractivity contribution in [2.75, 3.05) is 0 Å². The number of hydrogen-bond acceptors (Lipinski definition) is 0. The van der Waals surface area contributed by atoms with E-state index in [0.717, 1.165) is 18.4 Å². The highest BCUT2D eigenvalue weighted by Crippen LogP contribution is 2.27. The highest BCUT2D eigenvalue weighted by Gasteiger charge is 2.12. The molecule has 2 heteroatoms. The topological polar surface area (TPSA) is 0 Å². The van der Waals surface area contributed by atoms with Crippen molar-refractivity contribution >= 4 is 0 Å². The van der Waals surface area contributed by atoms with Crippen molar-refractivity contribution in [1.82, 2.24) is 0 Å². The molecule has 23 heavy (non-hydrogen) atoms. The number of halogens is 2. The first-order valence-electron chi connectivity index (χ1n) is 8.08. The van der Waals surface area contributed by atoms with E-state index in [0.29, 0.717) is 17.4 Å². The van der Waals surface area contributed by atoms with Crippen molar-refractivity contribution in [3.05, 3.63) is 72.4 Å². The summed E-state index contributed by atoms with van der Waals surface area (Å²) < 4.78 is 27.4. The predicted molar refractivity (Wildman–Crippen MR) is 98.5 cm³/mol. The van der Waals surface area contributed by atoms with Crippen LogP contribution in [0.25, 0.3) is 0 Å². The van der Waals surface area contributed by atoms with Gasteiger partial charge in [-0.1, -0.05) is 77.7 Å². The molecule has 128 valence electrons. The zero-order valence-corrected chi connectivity index (χ0v) is 15.0. The molecule has 0 aromatic heterocycles. The molecule has 0 aromatic rings. The summed E-state index contributed by atoms with van der Waals surface area (Å²) in [4.78, 5) is 0. The van der Waals surface area contributed by atoms with Crippen molar-refractivity contribution in [1.29, 1.82) is 0 Å². The largest absolute Gasteiger partial charge is 0.203 e. The molecule has 0 heterocycles. The lowest BCUT2D eigenvalue weighted by atomic mass is 9.91. The molecule has 0 aliphatic carbocycles. The Morgan fingerprint density at radius 2 is 1.52 bits per heavy atom. The molecule has 0 saturated heterocycles. The van der Waals surface area contributed by atoms with Gasteiger partial charge in [0.1, 0.15) is 0 Å². The third-order valence-electron chi connectivity index (χ3n) is 4.14. The van der Waals surface area contributed by atoms with E-state index in [1.807, 2.05) is 0 Å². The van der Waals surface area contributed by atoms with Gasteiger partial charge in [-0.05, 0) is 36.3 Å². The van der Waals surface area contributed by atoms with Crippen LogP contribution >= 0.6 is 0 Å². The van der Waals surface area contributed by atoms with E-state index in [-0.39, 0.29) is 11.1 Å². The molecular formula is C21H30F2. The Morgan fingerprint density at radius 3 is 2.00 bits per heavy atom. The Kier molecular flexibility index (Phi) is 9.40. The molecule has 2 unspecified atom stereocenters. The SMILES string of the molecule is C=C(/C=C\C(=C)C(C)CCC(C)CC)C(=C)/C(F)=C(/F)C(=C)C. The van der Waals surface area contributed by atoms with E-state index in [2.05, 4.69) is 47.1 Å². The monoisotopic (exact) mass is 320 g/mol. The minimum atomic E-state index is -1.01. The predicted octanol–water partition coefficient (Wildman–Crippen LogP) is 7.40. The van der Waals surface area contributed by atoms with Gasteiger partial charge in [-0.15, -0.1) is 0 Å². The Balaban J connectivity index is 4.74. The average molecular weight is 320 g/mol. The lowest BCUT2D eigenvalue weighted by Gasteiger charge is -2.15. The first-order chi connectivity index (χ1) is 10.6. The number of hydrogen-bond donors (Lipinski definition) is 0. The second-order valence-corrected chi connectivity index (χ2v) is 6.31. The van der Waals surface area contributed by atoms with Crippen LogP contribution in [0.5, 0.6) is 0 Å². The Morgan fingerprint density at radius 1 is 0.957 bits per heavy atom. The van der Waals surface area contributed by atoms with Crippen molar-refractivity contribution < 1.29 is 8.78 Å². The Bertz CT molecular complexity index is 532. The molecule has 0 aliphatic rings. The summed E-state index contributed by atoms with van der Waals surface area (Å²) >= 11 is 0. The zero-order chi connectivity index (χ0) is 18.2. The van der Waals surface area contributed by atoms with Crippen LogP contribution in [0.3, 0.4) is 0 Å². The van der Waals surface area contributed by atoms with Crippen molar-refractivity contribution in [2.45, 2.75) is 47.0 Å². The number of rotatable bonds is 10. The third kappa shape index (κ3) is 7.40. The second kappa shape index (κ2) is 10.1. The lowest BCUT2D eigenvalue weighted by molar-refractivity contribution is 0.454. The maximum absolute atomic E-state index is 13.8. The Labute approximate surface area is 140 Å². The average Bonchev–Trinajstić information content (AvgIpc) is 2.54. The minimum Gasteiger partial charge on any atom is -0.203 e. The second-order valence-electron chi connectivity index (χ2n) is 6.31. The van der Waals surface area contributed by atoms with E-state index >= 15 is 0 Å². The van der Waals surface area contributed by atoms with Crippen LogP contribution in [0.4, 0.5) is 8.78 Å². The van der Waals surface area contributed by atoms with Gasteiger partial charge in [0.2, 0.25) is 0 Å². The van der Waals surface area contributed by atoms with E-state index in [1.54, 1.807) is 12.2 Å². The maximum atomic E-state index is 13.8. The highest BCUT2D eigenvalue weighted by atomic mass is 19.2. The van der Waals surface area contributed by atoms with Gasteiger partial charge in [-0.2, -0.15) is 0 Å². The fraction of sp³-hybridized carbons (Fsp3) is 0.429. The summed E-state index contributed by atoms with van der Waals surface area (Å²) in [6.07, 6.45) is 6.82. The van der Waals surface area contributed by atoms with Gasteiger partial charge in [0.05, 0.1) is 0 Å². The molecule has 0 spiro atoms. The van der Waals surface area contributed by atoms with E-state index < -0.39 is 11.7 Å². The molecule has 0 amide bonds. The molecule has 0 saturated carbocycles. The molecule has 0 bridgehead atoms. The van der Waals surface area contributed by atoms with E-state index in [9.17, 15) is 8.78 Å². The summed E-state index contributed by atoms with van der Waals surface area (Å²) in [6.45, 7) is 22.7. The van der Waals surface area contributed by atoms with Crippen LogP contribution in [0.2, 0.25) is 0 Å². The summed E-state index contributed by atoms with van der Waals surface area (Å²) in [7, 11) is 0. The van der Waals surface area contributed by atoms with Crippen LogP contribution in [-0.2, 0) is 0 Å². The molecule has 0 fully saturated rings. The summed E-state index contributed by atoms with van der Waals surface area (Å²) in [5, 5.41) is 0. The fourth-order valence-corrected chi connectivity index (χ4v) is 1.86. The van der Waals surface area contributed by atoms with Gasteiger partial charge < -0.3 is 0 Å². The zero-order valence-electron chi connectivity index (χ0n) is 15.0. The van der Waals surface area contributed by atoms with Crippen LogP contribution in [-0.4, -0.2) is 0 Å². The smallest absolute Gasteiger partial charge is 0.166 e. The van der Waals surface area contributed by atoms with E-state index in [4.69, 9.17) is 0 Å². The highest BCUT2D eigenvalue weighted by molar-refractivity contribution is 5.50. The van der Waals surface area contributed by atoms with Crippen molar-refractivity contribution in [3.8, 4) is 0 Å². The number of allylic oxidation sites excluding steroid dienone is 8. The molecule has 0 nitrogen and oxygen atoms in total. The molecule has 0 aliphatic heterocycles. The van der Waals surface area contributed by atoms with Crippen LogP contribution < -0.4 is 0 Å². The minimum absolute atomic E-state index is 0.0310. The molecular weight excluding hydrogens is 290 g/mol. The molecule has 0 aromatic carbocycles. The fourth-order valence-electron chi connectivity index (χ4n) is 1.86. The van der Waals surface area contributed by atoms with E-state index in [1.165, 1.54) is 13.3 Å². The normalized spacial score (nSPS) is 15.0. The van der Waals surface area contributed by atoms with Crippen molar-refractivity contribution in [2.24, 2.45) is 11.8 Å². The van der Waals surface area contributed by atoms with Gasteiger partial charge in [-0.3, -0.25) is 0 Å². The van der Waals surface area contributed by atoms with Gasteiger partial charge in [0.15, 0.2) is 11.7 Å². The first kappa shape index (κ1) is 21.3. The van der Waals surface area contributed by atoms with Crippen LogP contribution in [0.1, 0.15) is 47.0 Å². The maximum Gasteiger partial charge on any atom is 0.166 e. The van der Waals surface area contributed by atoms with Crippen LogP contribution in [0.15, 0.2) is 72.4 Å². The molecule has 0 N–H and O–H groups in total. The quantitative estimate of drug-likeness (QED) is 0.368. The summed E-state index contributed by atoms with van der Waals surface area (Å²) in [6, 6.07) is 0. The van der Waals surface area contributed by atoms with Crippen LogP contribution in [0, 0.1) is 11.8 Å².